The predicted molar refractivity (Wildman–Crippen MR) is 93.8 cm³/mol. The molecule has 2 aliphatic rings. The molecule has 0 aliphatic carbocycles. The molecule has 5 heteroatoms. The van der Waals surface area contributed by atoms with Crippen LogP contribution in [0.25, 0.3) is 0 Å². The Bertz CT molecular complexity index is 730. The molecule has 4 rings (SSSR count). The van der Waals surface area contributed by atoms with E-state index in [4.69, 9.17) is 16.3 Å². The van der Waals surface area contributed by atoms with E-state index in [1.54, 1.807) is 24.3 Å². The standard InChI is InChI=1S/C19H19ClN2O2/c20-13-3-8-16(9-4-13)24-15-6-1-12(2-7-15)19(23)22-18-11-14-5-10-17(18)21-14/h1-4,6-9,14,17-18,21H,5,10-11H2,(H,22,23). The molecule has 0 radical (unpaired) electrons. The van der Waals surface area contributed by atoms with Crippen LogP contribution in [0.1, 0.15) is 29.6 Å². The maximum Gasteiger partial charge on any atom is 0.251 e. The zero-order valence-electron chi connectivity index (χ0n) is 13.2. The van der Waals surface area contributed by atoms with E-state index >= 15 is 0 Å². The Labute approximate surface area is 146 Å². The maximum atomic E-state index is 12.4. The van der Waals surface area contributed by atoms with E-state index in [0.717, 1.165) is 12.8 Å². The van der Waals surface area contributed by atoms with Gasteiger partial charge in [-0.25, -0.2) is 0 Å². The average Bonchev–Trinajstić information content (AvgIpc) is 3.20. The molecule has 2 saturated heterocycles. The summed E-state index contributed by atoms with van der Waals surface area (Å²) < 4.78 is 5.74. The molecule has 2 N–H and O–H groups in total. The second-order valence-corrected chi connectivity index (χ2v) is 6.88. The predicted octanol–water partition coefficient (Wildman–Crippen LogP) is 3.76. The quantitative estimate of drug-likeness (QED) is 0.889. The third-order valence-corrected chi connectivity index (χ3v) is 5.03. The van der Waals surface area contributed by atoms with Gasteiger partial charge in [-0.05, 0) is 67.8 Å². The highest BCUT2D eigenvalue weighted by Gasteiger charge is 2.39. The molecule has 24 heavy (non-hydrogen) atoms. The Morgan fingerprint density at radius 2 is 1.71 bits per heavy atom. The molecule has 2 heterocycles. The van der Waals surface area contributed by atoms with E-state index in [-0.39, 0.29) is 11.9 Å². The third kappa shape index (κ3) is 3.25. The molecule has 3 unspecified atom stereocenters. The molecule has 0 aromatic heterocycles. The molecule has 2 aliphatic heterocycles. The van der Waals surface area contributed by atoms with Crippen molar-refractivity contribution in [3.63, 3.8) is 0 Å². The largest absolute Gasteiger partial charge is 0.457 e. The molecule has 124 valence electrons. The monoisotopic (exact) mass is 342 g/mol. The number of hydrogen-bond donors (Lipinski definition) is 2. The fourth-order valence-corrected chi connectivity index (χ4v) is 3.67. The summed E-state index contributed by atoms with van der Waals surface area (Å²) in [5, 5.41) is 7.35. The average molecular weight is 343 g/mol. The van der Waals surface area contributed by atoms with Crippen molar-refractivity contribution >= 4 is 17.5 Å². The van der Waals surface area contributed by atoms with E-state index in [1.807, 2.05) is 24.3 Å². The normalized spacial score (nSPS) is 24.8. The topological polar surface area (TPSA) is 50.4 Å². The van der Waals surface area contributed by atoms with Crippen LogP contribution >= 0.6 is 11.6 Å². The van der Waals surface area contributed by atoms with Crippen molar-refractivity contribution in [1.82, 2.24) is 10.6 Å². The first kappa shape index (κ1) is 15.5. The lowest BCUT2D eigenvalue weighted by atomic mass is 9.95. The highest BCUT2D eigenvalue weighted by molar-refractivity contribution is 6.30. The molecule has 0 spiro atoms. The van der Waals surface area contributed by atoms with Crippen LogP contribution in [0.4, 0.5) is 0 Å². The SMILES string of the molecule is O=C(NC1CC2CCC1N2)c1ccc(Oc2ccc(Cl)cc2)cc1. The van der Waals surface area contributed by atoms with Gasteiger partial charge in [-0.15, -0.1) is 0 Å². The van der Waals surface area contributed by atoms with Gasteiger partial charge in [0, 0.05) is 28.7 Å². The van der Waals surface area contributed by atoms with Gasteiger partial charge in [0.15, 0.2) is 0 Å². The molecular weight excluding hydrogens is 324 g/mol. The Balaban J connectivity index is 1.38. The number of nitrogens with one attached hydrogen (secondary N) is 2. The minimum absolute atomic E-state index is 0.0209. The smallest absolute Gasteiger partial charge is 0.251 e. The first-order chi connectivity index (χ1) is 11.7. The van der Waals surface area contributed by atoms with E-state index < -0.39 is 0 Å². The van der Waals surface area contributed by atoms with Gasteiger partial charge in [-0.3, -0.25) is 4.79 Å². The van der Waals surface area contributed by atoms with Gasteiger partial charge in [0.25, 0.3) is 5.91 Å². The van der Waals surface area contributed by atoms with E-state index in [2.05, 4.69) is 10.6 Å². The molecule has 2 aromatic rings. The van der Waals surface area contributed by atoms with Crippen LogP contribution in [0.15, 0.2) is 48.5 Å². The molecular formula is C19H19ClN2O2. The highest BCUT2D eigenvalue weighted by atomic mass is 35.5. The fraction of sp³-hybridized carbons (Fsp3) is 0.316. The Morgan fingerprint density at radius 1 is 1.04 bits per heavy atom. The number of ether oxygens (including phenoxy) is 1. The van der Waals surface area contributed by atoms with Gasteiger partial charge in [-0.2, -0.15) is 0 Å². The Morgan fingerprint density at radius 3 is 2.29 bits per heavy atom. The summed E-state index contributed by atoms with van der Waals surface area (Å²) in [5.74, 6) is 1.38. The second-order valence-electron chi connectivity index (χ2n) is 6.44. The number of rotatable bonds is 4. The summed E-state index contributed by atoms with van der Waals surface area (Å²) in [5.41, 5.74) is 0.654. The number of amides is 1. The van der Waals surface area contributed by atoms with Gasteiger partial charge in [0.1, 0.15) is 11.5 Å². The first-order valence-corrected chi connectivity index (χ1v) is 8.65. The molecule has 4 nitrogen and oxygen atoms in total. The van der Waals surface area contributed by atoms with Crippen molar-refractivity contribution in [2.45, 2.75) is 37.4 Å². The first-order valence-electron chi connectivity index (χ1n) is 8.28. The van der Waals surface area contributed by atoms with Crippen molar-refractivity contribution in [1.29, 1.82) is 0 Å². The minimum Gasteiger partial charge on any atom is -0.457 e. The summed E-state index contributed by atoms with van der Waals surface area (Å²) in [6.07, 6.45) is 3.42. The zero-order chi connectivity index (χ0) is 16.5. The van der Waals surface area contributed by atoms with Crippen molar-refractivity contribution in [2.24, 2.45) is 0 Å². The Kier molecular flexibility index (Phi) is 4.17. The van der Waals surface area contributed by atoms with Gasteiger partial charge in [0.05, 0.1) is 0 Å². The maximum absolute atomic E-state index is 12.4. The summed E-state index contributed by atoms with van der Waals surface area (Å²) >= 11 is 5.86. The van der Waals surface area contributed by atoms with E-state index in [9.17, 15) is 4.79 Å². The summed E-state index contributed by atoms with van der Waals surface area (Å²) in [4.78, 5) is 12.4. The van der Waals surface area contributed by atoms with Gasteiger partial charge >= 0.3 is 0 Å². The van der Waals surface area contributed by atoms with Crippen LogP contribution in [-0.2, 0) is 0 Å². The number of benzene rings is 2. The molecule has 1 amide bonds. The van der Waals surface area contributed by atoms with Crippen LogP contribution in [0, 0.1) is 0 Å². The number of carbonyl (C=O) groups excluding carboxylic acids is 1. The van der Waals surface area contributed by atoms with Crippen LogP contribution in [-0.4, -0.2) is 24.0 Å². The molecule has 2 aromatic carbocycles. The minimum atomic E-state index is -0.0209. The lowest BCUT2D eigenvalue weighted by molar-refractivity contribution is 0.0931. The van der Waals surface area contributed by atoms with E-state index in [0.29, 0.717) is 34.2 Å². The molecule has 0 saturated carbocycles. The summed E-state index contributed by atoms with van der Waals surface area (Å²) in [6, 6.07) is 15.6. The molecule has 2 fully saturated rings. The van der Waals surface area contributed by atoms with E-state index in [1.165, 1.54) is 6.42 Å². The van der Waals surface area contributed by atoms with Crippen molar-refractivity contribution in [2.75, 3.05) is 0 Å². The number of carbonyl (C=O) groups is 1. The molecule has 3 atom stereocenters. The van der Waals surface area contributed by atoms with Crippen molar-refractivity contribution in [3.8, 4) is 11.5 Å². The third-order valence-electron chi connectivity index (χ3n) is 4.78. The van der Waals surface area contributed by atoms with Crippen LogP contribution in [0.3, 0.4) is 0 Å². The molecule has 2 bridgehead atoms. The number of hydrogen-bond acceptors (Lipinski definition) is 3. The Hall–Kier alpha value is -2.04. The van der Waals surface area contributed by atoms with Gasteiger partial charge in [-0.1, -0.05) is 11.6 Å². The second kappa shape index (κ2) is 6.46. The van der Waals surface area contributed by atoms with Gasteiger partial charge < -0.3 is 15.4 Å². The van der Waals surface area contributed by atoms with Crippen LogP contribution in [0.2, 0.25) is 5.02 Å². The highest BCUT2D eigenvalue weighted by Crippen LogP contribution is 2.28. The summed E-state index contributed by atoms with van der Waals surface area (Å²) in [6.45, 7) is 0. The van der Waals surface area contributed by atoms with Crippen LogP contribution in [0.5, 0.6) is 11.5 Å². The van der Waals surface area contributed by atoms with Crippen molar-refractivity contribution in [3.05, 3.63) is 59.1 Å². The van der Waals surface area contributed by atoms with Crippen molar-refractivity contribution < 1.29 is 9.53 Å². The number of fused-ring (bicyclic) bond motifs is 2. The fourth-order valence-electron chi connectivity index (χ4n) is 3.55. The number of halogens is 1. The zero-order valence-corrected chi connectivity index (χ0v) is 13.9. The summed E-state index contributed by atoms with van der Waals surface area (Å²) in [7, 11) is 0. The van der Waals surface area contributed by atoms with Gasteiger partial charge in [0.2, 0.25) is 0 Å². The lowest BCUT2D eigenvalue weighted by Gasteiger charge is -2.21. The lowest BCUT2D eigenvalue weighted by Crippen LogP contribution is -2.42. The van der Waals surface area contributed by atoms with Crippen LogP contribution < -0.4 is 15.4 Å².